The first kappa shape index (κ1) is 8.92. The van der Waals surface area contributed by atoms with Crippen molar-refractivity contribution >= 4 is 5.52 Å². The maximum absolute atomic E-state index is 5.57. The van der Waals surface area contributed by atoms with E-state index in [0.717, 1.165) is 6.42 Å². The van der Waals surface area contributed by atoms with Gasteiger partial charge >= 0.3 is 0 Å². The van der Waals surface area contributed by atoms with Crippen LogP contribution in [0.5, 0.6) is 0 Å². The molecule has 2 heterocycles. The summed E-state index contributed by atoms with van der Waals surface area (Å²) in [7, 11) is 0. The summed E-state index contributed by atoms with van der Waals surface area (Å²) < 4.78 is 2.22. The molecule has 1 saturated carbocycles. The lowest BCUT2D eigenvalue weighted by molar-refractivity contribution is 0.896. The first-order valence-electron chi connectivity index (χ1n) is 5.54. The molecule has 1 aliphatic rings. The lowest BCUT2D eigenvalue weighted by Gasteiger charge is -2.03. The monoisotopic (exact) mass is 201 g/mol. The quantitative estimate of drug-likeness (QED) is 0.821. The average Bonchev–Trinajstić information content (AvgIpc) is 3.00. The maximum atomic E-state index is 5.57. The van der Waals surface area contributed by atoms with E-state index in [2.05, 4.69) is 27.7 Å². The smallest absolute Gasteiger partial charge is 0.116 e. The molecule has 0 radical (unpaired) electrons. The van der Waals surface area contributed by atoms with Crippen molar-refractivity contribution in [3.05, 3.63) is 35.9 Å². The lowest BCUT2D eigenvalue weighted by atomic mass is 10.2. The van der Waals surface area contributed by atoms with Gasteiger partial charge in [-0.15, -0.1) is 0 Å². The van der Waals surface area contributed by atoms with Crippen LogP contribution in [-0.4, -0.2) is 15.9 Å². The number of pyridine rings is 1. The molecule has 78 valence electrons. The highest BCUT2D eigenvalue weighted by molar-refractivity contribution is 5.47. The van der Waals surface area contributed by atoms with Gasteiger partial charge < -0.3 is 10.1 Å². The van der Waals surface area contributed by atoms with Crippen LogP contribution in [0, 0.1) is 0 Å². The van der Waals surface area contributed by atoms with Crippen molar-refractivity contribution < 1.29 is 0 Å². The molecule has 0 aromatic carbocycles. The zero-order chi connectivity index (χ0) is 10.3. The number of hydrogen-bond acceptors (Lipinski definition) is 2. The van der Waals surface area contributed by atoms with Gasteiger partial charge in [0.05, 0.1) is 11.7 Å². The van der Waals surface area contributed by atoms with Gasteiger partial charge in [-0.3, -0.25) is 0 Å². The molecule has 0 saturated heterocycles. The Morgan fingerprint density at radius 1 is 1.40 bits per heavy atom. The average molecular weight is 201 g/mol. The number of hydrogen-bond donors (Lipinski definition) is 1. The van der Waals surface area contributed by atoms with E-state index in [0.29, 0.717) is 12.5 Å². The Bertz CT molecular complexity index is 483. The molecule has 3 heteroatoms. The summed E-state index contributed by atoms with van der Waals surface area (Å²) in [4.78, 5) is 4.49. The lowest BCUT2D eigenvalue weighted by Crippen LogP contribution is -2.04. The highest BCUT2D eigenvalue weighted by atomic mass is 15.0. The molecule has 0 amide bonds. The molecule has 0 atom stereocenters. The van der Waals surface area contributed by atoms with E-state index in [1.807, 2.05) is 6.20 Å². The van der Waals surface area contributed by atoms with Gasteiger partial charge in [-0.05, 0) is 37.4 Å². The van der Waals surface area contributed by atoms with Crippen molar-refractivity contribution in [1.82, 2.24) is 9.38 Å². The van der Waals surface area contributed by atoms with Gasteiger partial charge in [-0.25, -0.2) is 4.98 Å². The second-order valence-electron chi connectivity index (χ2n) is 4.26. The molecule has 15 heavy (non-hydrogen) atoms. The molecule has 2 aromatic heterocycles. The molecule has 2 N–H and O–H groups in total. The number of aromatic nitrogens is 2. The molecule has 3 nitrogen and oxygen atoms in total. The fourth-order valence-corrected chi connectivity index (χ4v) is 2.01. The Morgan fingerprint density at radius 2 is 2.27 bits per heavy atom. The Morgan fingerprint density at radius 3 is 3.00 bits per heavy atom. The molecule has 1 aliphatic carbocycles. The minimum absolute atomic E-state index is 0.695. The Kier molecular flexibility index (Phi) is 1.99. The van der Waals surface area contributed by atoms with Gasteiger partial charge in [0.15, 0.2) is 0 Å². The second kappa shape index (κ2) is 3.35. The Labute approximate surface area is 88.9 Å². The molecule has 1 fully saturated rings. The molecule has 0 bridgehead atoms. The summed E-state index contributed by atoms with van der Waals surface area (Å²) in [6.45, 7) is 0.707. The van der Waals surface area contributed by atoms with Crippen molar-refractivity contribution in [2.45, 2.75) is 25.2 Å². The van der Waals surface area contributed by atoms with E-state index in [1.54, 1.807) is 0 Å². The van der Waals surface area contributed by atoms with E-state index in [1.165, 1.54) is 29.7 Å². The van der Waals surface area contributed by atoms with Gasteiger partial charge in [0, 0.05) is 12.1 Å². The highest BCUT2D eigenvalue weighted by Gasteiger charge is 2.27. The van der Waals surface area contributed by atoms with E-state index < -0.39 is 0 Å². The second-order valence-corrected chi connectivity index (χ2v) is 4.26. The van der Waals surface area contributed by atoms with Gasteiger partial charge in [0.2, 0.25) is 0 Å². The number of rotatable bonds is 3. The van der Waals surface area contributed by atoms with Gasteiger partial charge in [-0.1, -0.05) is 6.07 Å². The standard InChI is InChI=1S/C12H15N3/c13-6-5-9-1-4-11-7-14-12(10-2-3-10)15(11)8-9/h1,4,7-8,10H,2-3,5-6,13H2. The minimum atomic E-state index is 0.695. The van der Waals surface area contributed by atoms with Crippen LogP contribution in [0.25, 0.3) is 5.52 Å². The summed E-state index contributed by atoms with van der Waals surface area (Å²) in [5.74, 6) is 1.92. The van der Waals surface area contributed by atoms with E-state index in [9.17, 15) is 0 Å². The molecule has 0 aliphatic heterocycles. The zero-order valence-corrected chi connectivity index (χ0v) is 8.69. The first-order chi connectivity index (χ1) is 7.38. The van der Waals surface area contributed by atoms with Crippen LogP contribution in [0.15, 0.2) is 24.5 Å². The minimum Gasteiger partial charge on any atom is -0.330 e. The van der Waals surface area contributed by atoms with Crippen LogP contribution in [0.2, 0.25) is 0 Å². The SMILES string of the molecule is NCCc1ccc2cnc(C3CC3)n2c1. The third-order valence-electron chi connectivity index (χ3n) is 2.99. The Balaban J connectivity index is 2.09. The summed E-state index contributed by atoms with van der Waals surface area (Å²) >= 11 is 0. The van der Waals surface area contributed by atoms with Gasteiger partial charge in [0.1, 0.15) is 5.82 Å². The topological polar surface area (TPSA) is 43.3 Å². The largest absolute Gasteiger partial charge is 0.330 e. The predicted octanol–water partition coefficient (Wildman–Crippen LogP) is 1.71. The van der Waals surface area contributed by atoms with Crippen LogP contribution in [0.3, 0.4) is 0 Å². The van der Waals surface area contributed by atoms with Crippen LogP contribution in [0.4, 0.5) is 0 Å². The van der Waals surface area contributed by atoms with E-state index >= 15 is 0 Å². The van der Waals surface area contributed by atoms with Crippen molar-refractivity contribution in [3.63, 3.8) is 0 Å². The van der Waals surface area contributed by atoms with Gasteiger partial charge in [0.25, 0.3) is 0 Å². The van der Waals surface area contributed by atoms with Crippen molar-refractivity contribution in [3.8, 4) is 0 Å². The maximum Gasteiger partial charge on any atom is 0.116 e. The molecule has 0 spiro atoms. The summed E-state index contributed by atoms with van der Waals surface area (Å²) in [6, 6.07) is 4.27. The summed E-state index contributed by atoms with van der Waals surface area (Å²) in [6.07, 6.45) is 7.67. The molecule has 3 rings (SSSR count). The van der Waals surface area contributed by atoms with E-state index in [-0.39, 0.29) is 0 Å². The van der Waals surface area contributed by atoms with Crippen LogP contribution in [0.1, 0.15) is 30.1 Å². The molecular weight excluding hydrogens is 186 g/mol. The van der Waals surface area contributed by atoms with Crippen molar-refractivity contribution in [2.24, 2.45) is 5.73 Å². The fourth-order valence-electron chi connectivity index (χ4n) is 2.01. The fraction of sp³-hybridized carbons (Fsp3) is 0.417. The molecule has 2 aromatic rings. The number of nitrogens with two attached hydrogens (primary N) is 1. The van der Waals surface area contributed by atoms with Crippen LogP contribution in [-0.2, 0) is 6.42 Å². The van der Waals surface area contributed by atoms with Crippen LogP contribution >= 0.6 is 0 Å². The number of fused-ring (bicyclic) bond motifs is 1. The summed E-state index contributed by atoms with van der Waals surface area (Å²) in [5, 5.41) is 0. The number of imidazole rings is 1. The molecule has 0 unspecified atom stereocenters. The van der Waals surface area contributed by atoms with Crippen LogP contribution < -0.4 is 5.73 Å². The van der Waals surface area contributed by atoms with Gasteiger partial charge in [-0.2, -0.15) is 0 Å². The van der Waals surface area contributed by atoms with E-state index in [4.69, 9.17) is 5.73 Å². The summed E-state index contributed by atoms with van der Waals surface area (Å²) in [5.41, 5.74) is 8.05. The first-order valence-corrected chi connectivity index (χ1v) is 5.54. The number of nitrogens with zero attached hydrogens (tertiary/aromatic N) is 2. The Hall–Kier alpha value is -1.35. The molecular formula is C12H15N3. The van der Waals surface area contributed by atoms with Crippen molar-refractivity contribution in [2.75, 3.05) is 6.54 Å². The third kappa shape index (κ3) is 1.53. The zero-order valence-electron chi connectivity index (χ0n) is 8.69. The normalized spacial score (nSPS) is 16.1. The predicted molar refractivity (Wildman–Crippen MR) is 59.9 cm³/mol. The highest BCUT2D eigenvalue weighted by Crippen LogP contribution is 2.39. The van der Waals surface area contributed by atoms with Crippen molar-refractivity contribution in [1.29, 1.82) is 0 Å². The third-order valence-corrected chi connectivity index (χ3v) is 2.99.